The van der Waals surface area contributed by atoms with Gasteiger partial charge in [-0.2, -0.15) is 0 Å². The number of hydrogen-bond donors (Lipinski definition) is 4. The summed E-state index contributed by atoms with van der Waals surface area (Å²) in [5.41, 5.74) is 9.39. The largest absolute Gasteiger partial charge is 0.508 e. The number of aliphatic carboxylic acids is 1. The Morgan fingerprint density at radius 2 is 1.89 bits per heavy atom. The molecular formula is C28H38N6O3. The summed E-state index contributed by atoms with van der Waals surface area (Å²) in [5, 5.41) is 25.4. The van der Waals surface area contributed by atoms with Crippen LogP contribution in [0.5, 0.6) is 5.75 Å². The Bertz CT molecular complexity index is 1120. The zero-order chi connectivity index (χ0) is 26.4. The highest BCUT2D eigenvalue weighted by Crippen LogP contribution is 2.35. The van der Waals surface area contributed by atoms with Gasteiger partial charge in [-0.3, -0.25) is 20.0 Å². The number of nitrogens with zero attached hydrogens (tertiary/aromatic N) is 4. The van der Waals surface area contributed by atoms with Gasteiger partial charge >= 0.3 is 5.97 Å². The van der Waals surface area contributed by atoms with Crippen LogP contribution < -0.4 is 11.0 Å². The molecule has 0 amide bonds. The SMILES string of the molecule is C=CCN1C[C@H](C)N([C@@H](c2cccc(O)c2)c2cccc(C3=NNN(CCCCC(=O)O)N3)c2)C[C@H]1C. The molecule has 0 radical (unpaired) electrons. The quantitative estimate of drug-likeness (QED) is 0.272. The highest BCUT2D eigenvalue weighted by atomic mass is 16.4. The van der Waals surface area contributed by atoms with Crippen LogP contribution in [0.1, 0.15) is 55.8 Å². The van der Waals surface area contributed by atoms with Crippen molar-refractivity contribution in [2.45, 2.75) is 51.2 Å². The second-order valence-corrected chi connectivity index (χ2v) is 9.94. The summed E-state index contributed by atoms with van der Waals surface area (Å²) in [6.07, 6.45) is 3.48. The Kier molecular flexibility index (Phi) is 8.81. The first-order chi connectivity index (χ1) is 17.9. The van der Waals surface area contributed by atoms with E-state index < -0.39 is 5.97 Å². The standard InChI is InChI=1S/C28H38N6O3/c1-4-14-32-18-21(3)33(19-20(32)2)27(23-10-8-12-25(35)17-23)22-9-7-11-24(16-22)28-29-31-34(30-28)15-6-5-13-26(36)37/h4,7-12,16-17,20-21,27,31,35H,1,5-6,13-15,18-19H2,2-3H3,(H,29,30)(H,36,37)/t20-,21+,27-/m1/s1. The number of phenolic OH excluding ortho intramolecular Hbond substituents is 1. The Balaban J connectivity index is 1.55. The van der Waals surface area contributed by atoms with Gasteiger partial charge < -0.3 is 10.2 Å². The second-order valence-electron chi connectivity index (χ2n) is 9.94. The molecule has 1 fully saturated rings. The van der Waals surface area contributed by atoms with Crippen molar-refractivity contribution >= 4 is 11.8 Å². The molecule has 4 rings (SSSR count). The van der Waals surface area contributed by atoms with Crippen molar-refractivity contribution in [2.75, 3.05) is 26.2 Å². The number of nitrogens with one attached hydrogen (secondary N) is 2. The van der Waals surface area contributed by atoms with Crippen LogP contribution in [0.4, 0.5) is 0 Å². The molecule has 0 spiro atoms. The molecule has 0 aromatic heterocycles. The van der Waals surface area contributed by atoms with Crippen LogP contribution in [0.3, 0.4) is 0 Å². The third kappa shape index (κ3) is 6.68. The number of carbonyl (C=O) groups is 1. The molecule has 0 unspecified atom stereocenters. The van der Waals surface area contributed by atoms with E-state index in [0.717, 1.165) is 42.7 Å². The minimum Gasteiger partial charge on any atom is -0.508 e. The zero-order valence-corrected chi connectivity index (χ0v) is 21.7. The lowest BCUT2D eigenvalue weighted by Crippen LogP contribution is -2.57. The van der Waals surface area contributed by atoms with E-state index in [9.17, 15) is 9.90 Å². The predicted octanol–water partition coefficient (Wildman–Crippen LogP) is 3.30. The van der Waals surface area contributed by atoms with Gasteiger partial charge in [0.1, 0.15) is 5.75 Å². The van der Waals surface area contributed by atoms with Gasteiger partial charge in [-0.25, -0.2) is 5.53 Å². The van der Waals surface area contributed by atoms with Gasteiger partial charge in [-0.05, 0) is 56.0 Å². The van der Waals surface area contributed by atoms with E-state index in [2.05, 4.69) is 64.5 Å². The first-order valence-electron chi connectivity index (χ1n) is 12.9. The van der Waals surface area contributed by atoms with Crippen LogP contribution in [0.25, 0.3) is 0 Å². The van der Waals surface area contributed by atoms with Gasteiger partial charge in [0.2, 0.25) is 0 Å². The fourth-order valence-corrected chi connectivity index (χ4v) is 5.20. The number of aromatic hydroxyl groups is 1. The molecule has 198 valence electrons. The molecule has 1 saturated heterocycles. The number of carboxylic acids is 1. The van der Waals surface area contributed by atoms with E-state index in [4.69, 9.17) is 5.11 Å². The molecule has 9 nitrogen and oxygen atoms in total. The number of piperazine rings is 1. The molecule has 3 atom stereocenters. The average Bonchev–Trinajstić information content (AvgIpc) is 3.34. The number of carboxylic acid groups (broad SMARTS) is 1. The molecule has 2 aliphatic rings. The molecule has 2 aromatic carbocycles. The average molecular weight is 507 g/mol. The third-order valence-corrected chi connectivity index (χ3v) is 7.07. The minimum atomic E-state index is -0.775. The third-order valence-electron chi connectivity index (χ3n) is 7.07. The van der Waals surface area contributed by atoms with Crippen molar-refractivity contribution < 1.29 is 15.0 Å². The topological polar surface area (TPSA) is 104 Å². The van der Waals surface area contributed by atoms with E-state index in [-0.39, 0.29) is 18.2 Å². The van der Waals surface area contributed by atoms with Crippen molar-refractivity contribution in [3.05, 3.63) is 77.9 Å². The predicted molar refractivity (Wildman–Crippen MR) is 145 cm³/mol. The number of hydrazone groups is 1. The molecule has 0 bridgehead atoms. The lowest BCUT2D eigenvalue weighted by molar-refractivity contribution is -0.137. The van der Waals surface area contributed by atoms with Crippen LogP contribution in [-0.4, -0.2) is 75.2 Å². The normalized spacial score (nSPS) is 21.6. The molecule has 37 heavy (non-hydrogen) atoms. The number of hydrogen-bond acceptors (Lipinski definition) is 8. The van der Waals surface area contributed by atoms with Gasteiger partial charge in [0.25, 0.3) is 0 Å². The van der Waals surface area contributed by atoms with E-state index in [0.29, 0.717) is 30.9 Å². The summed E-state index contributed by atoms with van der Waals surface area (Å²) in [4.78, 5) is 15.7. The van der Waals surface area contributed by atoms with E-state index in [1.54, 1.807) is 11.2 Å². The maximum Gasteiger partial charge on any atom is 0.303 e. The maximum atomic E-state index is 10.7. The van der Waals surface area contributed by atoms with E-state index in [1.165, 1.54) is 0 Å². The second kappa shape index (κ2) is 12.2. The van der Waals surface area contributed by atoms with Gasteiger partial charge in [-0.15, -0.1) is 16.8 Å². The van der Waals surface area contributed by atoms with Crippen molar-refractivity contribution in [3.63, 3.8) is 0 Å². The van der Waals surface area contributed by atoms with Crippen molar-refractivity contribution in [1.82, 2.24) is 25.9 Å². The van der Waals surface area contributed by atoms with Crippen molar-refractivity contribution in [1.29, 1.82) is 0 Å². The molecule has 0 aliphatic carbocycles. The Morgan fingerprint density at radius 3 is 2.62 bits per heavy atom. The van der Waals surface area contributed by atoms with Crippen LogP contribution in [0.15, 0.2) is 66.3 Å². The Hall–Kier alpha value is -3.40. The zero-order valence-electron chi connectivity index (χ0n) is 21.7. The van der Waals surface area contributed by atoms with Gasteiger partial charge in [0.15, 0.2) is 5.84 Å². The lowest BCUT2D eigenvalue weighted by atomic mass is 9.92. The first kappa shape index (κ1) is 26.7. The number of benzene rings is 2. The smallest absolute Gasteiger partial charge is 0.303 e. The van der Waals surface area contributed by atoms with Crippen LogP contribution in [0, 0.1) is 0 Å². The van der Waals surface area contributed by atoms with E-state index in [1.807, 2.05) is 30.3 Å². The van der Waals surface area contributed by atoms with Gasteiger partial charge in [0.05, 0.1) is 6.04 Å². The number of phenols is 1. The summed E-state index contributed by atoms with van der Waals surface area (Å²) in [6.45, 7) is 11.8. The van der Waals surface area contributed by atoms with E-state index >= 15 is 0 Å². The summed E-state index contributed by atoms with van der Waals surface area (Å²) in [7, 11) is 0. The molecule has 2 heterocycles. The van der Waals surface area contributed by atoms with Gasteiger partial charge in [-0.1, -0.05) is 36.4 Å². The van der Waals surface area contributed by atoms with Gasteiger partial charge in [0, 0.05) is 50.2 Å². The number of hydrazine groups is 2. The van der Waals surface area contributed by atoms with Crippen LogP contribution in [-0.2, 0) is 4.79 Å². The minimum absolute atomic E-state index is 0.0301. The maximum absolute atomic E-state index is 10.7. The highest BCUT2D eigenvalue weighted by molar-refractivity contribution is 5.99. The molecule has 4 N–H and O–H groups in total. The summed E-state index contributed by atoms with van der Waals surface area (Å²) in [6, 6.07) is 16.6. The highest BCUT2D eigenvalue weighted by Gasteiger charge is 2.34. The molecule has 2 aromatic rings. The number of rotatable bonds is 11. The number of unbranched alkanes of at least 4 members (excludes halogenated alkanes) is 1. The van der Waals surface area contributed by atoms with Crippen molar-refractivity contribution in [3.8, 4) is 5.75 Å². The lowest BCUT2D eigenvalue weighted by Gasteiger charge is -2.47. The van der Waals surface area contributed by atoms with Crippen molar-refractivity contribution in [2.24, 2.45) is 5.10 Å². The fourth-order valence-electron chi connectivity index (χ4n) is 5.20. The summed E-state index contributed by atoms with van der Waals surface area (Å²) >= 11 is 0. The Morgan fingerprint density at radius 1 is 1.14 bits per heavy atom. The molecular weight excluding hydrogens is 468 g/mol. The first-order valence-corrected chi connectivity index (χ1v) is 12.9. The fraction of sp³-hybridized carbons (Fsp3) is 0.429. The van der Waals surface area contributed by atoms with Crippen LogP contribution >= 0.6 is 0 Å². The van der Waals surface area contributed by atoms with Crippen LogP contribution in [0.2, 0.25) is 0 Å². The number of amidine groups is 1. The monoisotopic (exact) mass is 506 g/mol. The Labute approximate surface area is 219 Å². The molecule has 0 saturated carbocycles. The molecule has 2 aliphatic heterocycles. The molecule has 9 heteroatoms. The summed E-state index contributed by atoms with van der Waals surface area (Å²) < 4.78 is 0. The summed E-state index contributed by atoms with van der Waals surface area (Å²) in [5.74, 6) is 0.199.